The number of fused-ring (bicyclic) bond motifs is 1. The van der Waals surface area contributed by atoms with Crippen LogP contribution in [0.4, 0.5) is 0 Å². The maximum absolute atomic E-state index is 12.0. The molecule has 1 amide bonds. The Balaban J connectivity index is 0.00000320. The van der Waals surface area contributed by atoms with E-state index in [1.165, 1.54) is 40.4 Å². The molecule has 1 heterocycles. The van der Waals surface area contributed by atoms with Crippen molar-refractivity contribution in [3.05, 3.63) is 51.5 Å². The van der Waals surface area contributed by atoms with Gasteiger partial charge in [0, 0.05) is 31.9 Å². The Morgan fingerprint density at radius 3 is 2.67 bits per heavy atom. The molecule has 0 saturated heterocycles. The Morgan fingerprint density at radius 1 is 1.23 bits per heavy atom. The highest BCUT2D eigenvalue weighted by Gasteiger charge is 2.15. The predicted molar refractivity (Wildman–Crippen MR) is 135 cm³/mol. The lowest BCUT2D eigenvalue weighted by Crippen LogP contribution is -2.40. The smallest absolute Gasteiger partial charge is 0.243 e. The van der Waals surface area contributed by atoms with Gasteiger partial charge in [-0.2, -0.15) is 0 Å². The van der Waals surface area contributed by atoms with E-state index >= 15 is 0 Å². The van der Waals surface area contributed by atoms with Gasteiger partial charge >= 0.3 is 0 Å². The number of benzene rings is 1. The molecular formula is C22H32IN5OS. The van der Waals surface area contributed by atoms with E-state index in [1.54, 1.807) is 19.0 Å². The number of nitrogens with zero attached hydrogens (tertiary/aromatic N) is 3. The van der Waals surface area contributed by atoms with Crippen molar-refractivity contribution in [1.82, 2.24) is 20.5 Å². The van der Waals surface area contributed by atoms with Gasteiger partial charge < -0.3 is 15.5 Å². The van der Waals surface area contributed by atoms with Gasteiger partial charge in [0.25, 0.3) is 0 Å². The fraction of sp³-hybridized carbons (Fsp3) is 0.500. The molecule has 3 rings (SSSR count). The number of carbonyl (C=O) groups excluding carboxylic acids is 1. The molecule has 0 saturated carbocycles. The second-order valence-electron chi connectivity index (χ2n) is 7.59. The molecular weight excluding hydrogens is 509 g/mol. The first-order chi connectivity index (χ1) is 14.0. The Kier molecular flexibility index (Phi) is 10.0. The first-order valence-electron chi connectivity index (χ1n) is 10.3. The maximum Gasteiger partial charge on any atom is 0.243 e. The molecule has 2 aromatic rings. The summed E-state index contributed by atoms with van der Waals surface area (Å²) in [6, 6.07) is 10.3. The lowest BCUT2D eigenvalue weighted by molar-refractivity contribution is -0.127. The highest BCUT2D eigenvalue weighted by Crippen LogP contribution is 2.26. The number of hydrogen-bond acceptors (Lipinski definition) is 4. The summed E-state index contributed by atoms with van der Waals surface area (Å²) in [6.07, 6.45) is 5.70. The SMILES string of the molecule is CC(NC(=NCC(=O)N(C)C)NCCc1nc2c(s1)CCCC2)c1ccccc1.I. The average molecular weight is 542 g/mol. The molecule has 164 valence electrons. The van der Waals surface area contributed by atoms with E-state index in [0.717, 1.165) is 19.4 Å². The number of aromatic nitrogens is 1. The fourth-order valence-corrected chi connectivity index (χ4v) is 4.43. The molecule has 1 aromatic carbocycles. The molecule has 1 unspecified atom stereocenters. The molecule has 2 N–H and O–H groups in total. The van der Waals surface area contributed by atoms with Gasteiger partial charge in [-0.25, -0.2) is 9.98 Å². The van der Waals surface area contributed by atoms with Gasteiger partial charge in [-0.05, 0) is 38.2 Å². The number of aliphatic imine (C=N–C) groups is 1. The van der Waals surface area contributed by atoms with E-state index in [-0.39, 0.29) is 42.5 Å². The number of guanidine groups is 1. The normalized spacial score (nSPS) is 14.3. The number of amides is 1. The van der Waals surface area contributed by atoms with Crippen LogP contribution in [0.3, 0.4) is 0 Å². The predicted octanol–water partition coefficient (Wildman–Crippen LogP) is 3.57. The molecule has 6 nitrogen and oxygen atoms in total. The Morgan fingerprint density at radius 2 is 1.97 bits per heavy atom. The Labute approximate surface area is 200 Å². The number of likely N-dealkylation sites (N-methyl/N-ethyl adjacent to an activating group) is 1. The van der Waals surface area contributed by atoms with Crippen molar-refractivity contribution in [2.75, 3.05) is 27.2 Å². The monoisotopic (exact) mass is 541 g/mol. The van der Waals surface area contributed by atoms with Crippen molar-refractivity contribution in [2.45, 2.75) is 45.1 Å². The summed E-state index contributed by atoms with van der Waals surface area (Å²) in [6.45, 7) is 2.94. The number of nitrogens with one attached hydrogen (secondary N) is 2. The quantitative estimate of drug-likeness (QED) is 0.320. The molecule has 0 radical (unpaired) electrons. The van der Waals surface area contributed by atoms with Crippen LogP contribution in [-0.4, -0.2) is 48.9 Å². The molecule has 0 bridgehead atoms. The van der Waals surface area contributed by atoms with Crippen molar-refractivity contribution in [3.8, 4) is 0 Å². The minimum absolute atomic E-state index is 0. The summed E-state index contributed by atoms with van der Waals surface area (Å²) in [4.78, 5) is 24.3. The molecule has 1 aromatic heterocycles. The van der Waals surface area contributed by atoms with Crippen molar-refractivity contribution in [1.29, 1.82) is 0 Å². The largest absolute Gasteiger partial charge is 0.356 e. The molecule has 1 aliphatic carbocycles. The highest BCUT2D eigenvalue weighted by molar-refractivity contribution is 14.0. The van der Waals surface area contributed by atoms with Crippen LogP contribution >= 0.6 is 35.3 Å². The van der Waals surface area contributed by atoms with Crippen LogP contribution in [-0.2, 0) is 24.1 Å². The van der Waals surface area contributed by atoms with E-state index in [9.17, 15) is 4.79 Å². The van der Waals surface area contributed by atoms with Crippen LogP contribution in [0.15, 0.2) is 35.3 Å². The van der Waals surface area contributed by atoms with Crippen molar-refractivity contribution in [3.63, 3.8) is 0 Å². The standard InChI is InChI=1S/C22H31N5OS.HI/c1-16(17-9-5-4-6-10-17)25-22(24-15-21(28)27(2)3)23-14-13-20-26-18-11-7-8-12-19(18)29-20;/h4-6,9-10,16H,7-8,11-15H2,1-3H3,(H2,23,24,25);1H. The van der Waals surface area contributed by atoms with E-state index < -0.39 is 0 Å². The van der Waals surface area contributed by atoms with Gasteiger partial charge in [0.2, 0.25) is 5.91 Å². The van der Waals surface area contributed by atoms with Crippen LogP contribution in [0.25, 0.3) is 0 Å². The highest BCUT2D eigenvalue weighted by atomic mass is 127. The summed E-state index contributed by atoms with van der Waals surface area (Å²) in [5.41, 5.74) is 2.48. The minimum atomic E-state index is -0.0222. The summed E-state index contributed by atoms with van der Waals surface area (Å²) in [7, 11) is 3.49. The summed E-state index contributed by atoms with van der Waals surface area (Å²) >= 11 is 1.85. The fourth-order valence-electron chi connectivity index (χ4n) is 3.27. The Bertz CT molecular complexity index is 814. The molecule has 1 atom stereocenters. The molecule has 0 fully saturated rings. The van der Waals surface area contributed by atoms with Gasteiger partial charge in [0.15, 0.2) is 5.96 Å². The number of rotatable bonds is 7. The van der Waals surface area contributed by atoms with Gasteiger partial charge in [-0.15, -0.1) is 35.3 Å². The van der Waals surface area contributed by atoms with Gasteiger partial charge in [0.1, 0.15) is 6.54 Å². The lowest BCUT2D eigenvalue weighted by Gasteiger charge is -2.19. The van der Waals surface area contributed by atoms with E-state index in [4.69, 9.17) is 4.98 Å². The summed E-state index contributed by atoms with van der Waals surface area (Å²) in [5.74, 6) is 0.629. The van der Waals surface area contributed by atoms with Crippen LogP contribution in [0.5, 0.6) is 0 Å². The molecule has 30 heavy (non-hydrogen) atoms. The summed E-state index contributed by atoms with van der Waals surface area (Å²) < 4.78 is 0. The second-order valence-corrected chi connectivity index (χ2v) is 8.76. The molecule has 0 aliphatic heterocycles. The number of aryl methyl sites for hydroxylation is 2. The van der Waals surface area contributed by atoms with Gasteiger partial charge in [-0.1, -0.05) is 30.3 Å². The maximum atomic E-state index is 12.0. The third kappa shape index (κ3) is 7.23. The number of thiazole rings is 1. The van der Waals surface area contributed by atoms with Crippen molar-refractivity contribution >= 4 is 47.2 Å². The molecule has 0 spiro atoms. The molecule has 1 aliphatic rings. The first-order valence-corrected chi connectivity index (χ1v) is 11.1. The zero-order valence-electron chi connectivity index (χ0n) is 18.0. The van der Waals surface area contributed by atoms with Crippen molar-refractivity contribution in [2.24, 2.45) is 4.99 Å². The average Bonchev–Trinajstić information content (AvgIpc) is 3.14. The number of hydrogen-bond donors (Lipinski definition) is 2. The minimum Gasteiger partial charge on any atom is -0.356 e. The number of carbonyl (C=O) groups is 1. The third-order valence-electron chi connectivity index (χ3n) is 5.05. The third-order valence-corrected chi connectivity index (χ3v) is 6.26. The van der Waals surface area contributed by atoms with Crippen molar-refractivity contribution < 1.29 is 4.79 Å². The lowest BCUT2D eigenvalue weighted by atomic mass is 10.0. The van der Waals surface area contributed by atoms with Crippen LogP contribution in [0.2, 0.25) is 0 Å². The van der Waals surface area contributed by atoms with Gasteiger partial charge in [-0.3, -0.25) is 4.79 Å². The van der Waals surface area contributed by atoms with E-state index in [1.807, 2.05) is 29.5 Å². The van der Waals surface area contributed by atoms with Crippen LogP contribution < -0.4 is 10.6 Å². The Hall–Kier alpha value is -1.68. The zero-order valence-corrected chi connectivity index (χ0v) is 21.1. The zero-order chi connectivity index (χ0) is 20.6. The van der Waals surface area contributed by atoms with E-state index in [2.05, 4.69) is 34.7 Å². The van der Waals surface area contributed by atoms with Gasteiger partial charge in [0.05, 0.1) is 16.7 Å². The topological polar surface area (TPSA) is 69.6 Å². The molecule has 8 heteroatoms. The first kappa shape index (κ1) is 24.6. The van der Waals surface area contributed by atoms with E-state index in [0.29, 0.717) is 5.96 Å². The second kappa shape index (κ2) is 12.2. The van der Waals surface area contributed by atoms with Crippen LogP contribution in [0.1, 0.15) is 46.9 Å². The number of halogens is 1. The summed E-state index contributed by atoms with van der Waals surface area (Å²) in [5, 5.41) is 7.98. The van der Waals surface area contributed by atoms with Crippen LogP contribution in [0, 0.1) is 0 Å².